The van der Waals surface area contributed by atoms with Crippen molar-refractivity contribution in [3.63, 3.8) is 0 Å². The lowest BCUT2D eigenvalue weighted by Gasteiger charge is -2.36. The number of nitrogens with zero attached hydrogens (tertiary/aromatic N) is 1. The second-order valence-corrected chi connectivity index (χ2v) is 8.94. The number of anilines is 1. The van der Waals surface area contributed by atoms with Crippen LogP contribution in [0.2, 0.25) is 0 Å². The first-order chi connectivity index (χ1) is 15.2. The Labute approximate surface area is 185 Å². The van der Waals surface area contributed by atoms with E-state index in [1.165, 1.54) is 25.9 Å². The van der Waals surface area contributed by atoms with Crippen LogP contribution >= 0.6 is 0 Å². The summed E-state index contributed by atoms with van der Waals surface area (Å²) in [7, 11) is 0. The van der Waals surface area contributed by atoms with E-state index in [0.717, 1.165) is 29.5 Å². The summed E-state index contributed by atoms with van der Waals surface area (Å²) in [6.07, 6.45) is 4.01. The van der Waals surface area contributed by atoms with E-state index in [-0.39, 0.29) is 5.91 Å². The average molecular weight is 423 g/mol. The van der Waals surface area contributed by atoms with Gasteiger partial charge in [-0.2, -0.15) is 0 Å². The summed E-state index contributed by atoms with van der Waals surface area (Å²) in [5, 5.41) is 3.13. The smallest absolute Gasteiger partial charge is 0.235 e. The van der Waals surface area contributed by atoms with E-state index >= 15 is 0 Å². The highest BCUT2D eigenvalue weighted by atomic mass is 16.5. The Morgan fingerprint density at radius 1 is 1.13 bits per heavy atom. The van der Waals surface area contributed by atoms with Crippen LogP contribution in [0.15, 0.2) is 54.6 Å². The van der Waals surface area contributed by atoms with Crippen molar-refractivity contribution in [1.82, 2.24) is 4.90 Å². The molecule has 0 aliphatic carbocycles. The van der Waals surface area contributed by atoms with Crippen molar-refractivity contribution in [2.75, 3.05) is 44.8 Å². The first-order valence-corrected chi connectivity index (χ1v) is 11.6. The van der Waals surface area contributed by atoms with Gasteiger partial charge in [0.1, 0.15) is 12.4 Å². The topological polar surface area (TPSA) is 50.8 Å². The number of rotatable bonds is 7. The molecule has 0 radical (unpaired) electrons. The number of hydrogen-bond donors (Lipinski definition) is 1. The third-order valence-corrected chi connectivity index (χ3v) is 6.64. The molecule has 2 aliphatic heterocycles. The van der Waals surface area contributed by atoms with Crippen molar-refractivity contribution in [3.8, 4) is 5.75 Å². The van der Waals surface area contributed by atoms with Crippen LogP contribution in [0.4, 0.5) is 5.69 Å². The number of carbonyl (C=O) groups is 1. The molecule has 0 spiro atoms. The van der Waals surface area contributed by atoms with E-state index in [1.54, 1.807) is 0 Å². The number of ether oxygens (including phenoxy) is 2. The minimum Gasteiger partial charge on any atom is -0.492 e. The molecule has 1 atom stereocenters. The molecule has 2 aromatic carbocycles. The van der Waals surface area contributed by atoms with Crippen LogP contribution in [0.25, 0.3) is 0 Å². The molecule has 0 bridgehead atoms. The van der Waals surface area contributed by atoms with Crippen molar-refractivity contribution >= 4 is 11.6 Å². The number of hydrogen-bond acceptors (Lipinski definition) is 4. The molecule has 166 valence electrons. The molecule has 4 rings (SSSR count). The molecular weight excluding hydrogens is 388 g/mol. The van der Waals surface area contributed by atoms with Crippen LogP contribution < -0.4 is 10.1 Å². The van der Waals surface area contributed by atoms with Crippen molar-refractivity contribution in [2.24, 2.45) is 5.92 Å². The minimum atomic E-state index is -0.541. The molecule has 0 unspecified atom stereocenters. The number of amides is 1. The minimum absolute atomic E-state index is 0.0369. The second kappa shape index (κ2) is 10.3. The summed E-state index contributed by atoms with van der Waals surface area (Å²) >= 11 is 0. The van der Waals surface area contributed by atoms with Gasteiger partial charge >= 0.3 is 0 Å². The second-order valence-electron chi connectivity index (χ2n) is 8.94. The third kappa shape index (κ3) is 5.46. The number of benzene rings is 2. The van der Waals surface area contributed by atoms with Crippen molar-refractivity contribution in [1.29, 1.82) is 0 Å². The van der Waals surface area contributed by atoms with Gasteiger partial charge in [0, 0.05) is 32.0 Å². The molecule has 31 heavy (non-hydrogen) atoms. The van der Waals surface area contributed by atoms with Crippen LogP contribution in [0.1, 0.15) is 38.2 Å². The molecule has 5 nitrogen and oxygen atoms in total. The maximum Gasteiger partial charge on any atom is 0.235 e. The molecule has 2 aromatic rings. The predicted octanol–water partition coefficient (Wildman–Crippen LogP) is 4.48. The van der Waals surface area contributed by atoms with E-state index in [4.69, 9.17) is 9.47 Å². The monoisotopic (exact) mass is 422 g/mol. The number of nitrogens with one attached hydrogen (secondary N) is 1. The van der Waals surface area contributed by atoms with E-state index in [1.807, 2.05) is 54.6 Å². The molecule has 2 saturated heterocycles. The first kappa shape index (κ1) is 21.8. The first-order valence-electron chi connectivity index (χ1n) is 11.6. The Bertz CT molecular complexity index is 831. The zero-order valence-electron chi connectivity index (χ0n) is 18.5. The SMILES string of the molecule is C[C@@H]1CCCN(CCOc2ccc(NC(=O)C3(c4ccccc4)CCOCC3)cc2)C1. The van der Waals surface area contributed by atoms with Crippen LogP contribution in [0, 0.1) is 5.92 Å². The van der Waals surface area contributed by atoms with E-state index in [2.05, 4.69) is 17.1 Å². The highest BCUT2D eigenvalue weighted by Crippen LogP contribution is 2.36. The summed E-state index contributed by atoms with van der Waals surface area (Å²) in [6.45, 7) is 7.52. The summed E-state index contributed by atoms with van der Waals surface area (Å²) in [5.74, 6) is 1.66. The Hall–Kier alpha value is -2.37. The van der Waals surface area contributed by atoms with E-state index in [0.29, 0.717) is 32.7 Å². The van der Waals surface area contributed by atoms with Gasteiger partial charge in [0.15, 0.2) is 0 Å². The molecule has 0 aromatic heterocycles. The summed E-state index contributed by atoms with van der Waals surface area (Å²) < 4.78 is 11.5. The molecule has 2 fully saturated rings. The fraction of sp³-hybridized carbons (Fsp3) is 0.500. The molecular formula is C26H34N2O3. The Morgan fingerprint density at radius 2 is 1.87 bits per heavy atom. The normalized spacial score (nSPS) is 21.4. The highest BCUT2D eigenvalue weighted by Gasteiger charge is 2.41. The largest absolute Gasteiger partial charge is 0.492 e. The van der Waals surface area contributed by atoms with Gasteiger partial charge in [-0.15, -0.1) is 0 Å². The summed E-state index contributed by atoms with van der Waals surface area (Å²) in [5.41, 5.74) is 1.31. The molecule has 5 heteroatoms. The molecule has 0 saturated carbocycles. The average Bonchev–Trinajstić information content (AvgIpc) is 2.81. The van der Waals surface area contributed by atoms with Crippen molar-refractivity contribution in [2.45, 2.75) is 38.0 Å². The van der Waals surface area contributed by atoms with Gasteiger partial charge in [-0.1, -0.05) is 37.3 Å². The van der Waals surface area contributed by atoms with Gasteiger partial charge < -0.3 is 14.8 Å². The summed E-state index contributed by atoms with van der Waals surface area (Å²) in [4.78, 5) is 15.8. The van der Waals surface area contributed by atoms with Crippen molar-refractivity contribution in [3.05, 3.63) is 60.2 Å². The van der Waals surface area contributed by atoms with E-state index < -0.39 is 5.41 Å². The molecule has 2 aliphatic rings. The lowest BCUT2D eigenvalue weighted by atomic mass is 9.73. The van der Waals surface area contributed by atoms with Crippen LogP contribution in [0.5, 0.6) is 5.75 Å². The quantitative estimate of drug-likeness (QED) is 0.715. The standard InChI is InChI=1S/C26H34N2O3/c1-21-6-5-15-28(20-21)16-19-31-24-11-9-23(10-12-24)27-25(29)26(13-17-30-18-14-26)22-7-3-2-4-8-22/h2-4,7-12,21H,5-6,13-20H2,1H3,(H,27,29)/t21-/m1/s1. The fourth-order valence-corrected chi connectivity index (χ4v) is 4.79. The highest BCUT2D eigenvalue weighted by molar-refractivity contribution is 5.99. The van der Waals surface area contributed by atoms with Gasteiger partial charge in [-0.3, -0.25) is 9.69 Å². The van der Waals surface area contributed by atoms with E-state index in [9.17, 15) is 4.79 Å². The molecule has 2 heterocycles. The fourth-order valence-electron chi connectivity index (χ4n) is 4.79. The number of piperidine rings is 1. The van der Waals surface area contributed by atoms with Gasteiger partial charge in [0.05, 0.1) is 5.41 Å². The van der Waals surface area contributed by atoms with Crippen LogP contribution in [0.3, 0.4) is 0 Å². The number of likely N-dealkylation sites (tertiary alicyclic amines) is 1. The van der Waals surface area contributed by atoms with Gasteiger partial charge in [-0.25, -0.2) is 0 Å². The summed E-state index contributed by atoms with van der Waals surface area (Å²) in [6, 6.07) is 17.8. The van der Waals surface area contributed by atoms with Gasteiger partial charge in [-0.05, 0) is 68.0 Å². The van der Waals surface area contributed by atoms with Crippen LogP contribution in [-0.2, 0) is 14.9 Å². The van der Waals surface area contributed by atoms with Crippen LogP contribution in [-0.4, -0.2) is 50.3 Å². The molecule has 1 N–H and O–H groups in total. The zero-order chi connectivity index (χ0) is 21.5. The Balaban J connectivity index is 1.34. The van der Waals surface area contributed by atoms with Gasteiger partial charge in [0.2, 0.25) is 5.91 Å². The predicted molar refractivity (Wildman–Crippen MR) is 124 cm³/mol. The maximum absolute atomic E-state index is 13.3. The third-order valence-electron chi connectivity index (χ3n) is 6.64. The Kier molecular flexibility index (Phi) is 7.25. The lowest BCUT2D eigenvalue weighted by Crippen LogP contribution is -2.44. The lowest BCUT2D eigenvalue weighted by molar-refractivity contribution is -0.125. The maximum atomic E-state index is 13.3. The number of carbonyl (C=O) groups excluding carboxylic acids is 1. The van der Waals surface area contributed by atoms with Crippen molar-refractivity contribution < 1.29 is 14.3 Å². The Morgan fingerprint density at radius 3 is 2.58 bits per heavy atom. The zero-order valence-corrected chi connectivity index (χ0v) is 18.5. The molecule has 1 amide bonds. The van der Waals surface area contributed by atoms with Gasteiger partial charge in [0.25, 0.3) is 0 Å².